The summed E-state index contributed by atoms with van der Waals surface area (Å²) in [6.45, 7) is 2.17. The Morgan fingerprint density at radius 1 is 1.55 bits per heavy atom. The summed E-state index contributed by atoms with van der Waals surface area (Å²) in [5.41, 5.74) is 0.119. The molecule has 0 bridgehead atoms. The Hall–Kier alpha value is -0.780. The van der Waals surface area contributed by atoms with Crippen molar-refractivity contribution in [1.29, 1.82) is 0 Å². The molecule has 4 nitrogen and oxygen atoms in total. The lowest BCUT2D eigenvalue weighted by Gasteiger charge is -2.45. The van der Waals surface area contributed by atoms with Gasteiger partial charge in [0.2, 0.25) is 0 Å². The fourth-order valence-electron chi connectivity index (χ4n) is 2.32. The summed E-state index contributed by atoms with van der Waals surface area (Å²) in [6.07, 6.45) is 1.29. The average Bonchev–Trinajstić information content (AvgIpc) is 2.37. The van der Waals surface area contributed by atoms with Crippen LogP contribution in [0.2, 0.25) is 5.02 Å². The zero-order chi connectivity index (χ0) is 14.8. The largest absolute Gasteiger partial charge is 0.464 e. The Morgan fingerprint density at radius 2 is 2.25 bits per heavy atom. The van der Waals surface area contributed by atoms with Crippen molar-refractivity contribution < 1.29 is 14.3 Å². The predicted octanol–water partition coefficient (Wildman–Crippen LogP) is 3.63. The van der Waals surface area contributed by atoms with Gasteiger partial charge in [0.1, 0.15) is 5.54 Å². The van der Waals surface area contributed by atoms with Crippen LogP contribution in [0, 0.1) is 0 Å². The normalized spacial score (nSPS) is 24.9. The third-order valence-corrected chi connectivity index (χ3v) is 4.67. The first-order valence-electron chi connectivity index (χ1n) is 6.44. The van der Waals surface area contributed by atoms with E-state index in [-0.39, 0.29) is 12.1 Å². The molecule has 0 aliphatic heterocycles. The molecule has 1 aliphatic rings. The van der Waals surface area contributed by atoms with Crippen molar-refractivity contribution in [3.8, 4) is 0 Å². The number of halogens is 2. The number of rotatable bonds is 5. The molecule has 0 heterocycles. The monoisotopic (exact) mass is 361 g/mol. The highest BCUT2D eigenvalue weighted by molar-refractivity contribution is 9.10. The maximum absolute atomic E-state index is 12.2. The molecule has 0 amide bonds. The molecule has 110 valence electrons. The lowest BCUT2D eigenvalue weighted by atomic mass is 9.74. The molecule has 1 N–H and O–H groups in total. The Kier molecular flexibility index (Phi) is 4.94. The molecule has 0 radical (unpaired) electrons. The summed E-state index contributed by atoms with van der Waals surface area (Å²) in [5, 5.41) is 3.89. The van der Waals surface area contributed by atoms with Crippen molar-refractivity contribution in [2.75, 3.05) is 19.0 Å². The van der Waals surface area contributed by atoms with Crippen LogP contribution in [0.5, 0.6) is 0 Å². The van der Waals surface area contributed by atoms with E-state index >= 15 is 0 Å². The van der Waals surface area contributed by atoms with Gasteiger partial charge in [-0.05, 0) is 41.1 Å². The number of methoxy groups -OCH3 is 1. The smallest absolute Gasteiger partial charge is 0.331 e. The molecule has 2 rings (SSSR count). The third kappa shape index (κ3) is 3.10. The van der Waals surface area contributed by atoms with Crippen LogP contribution in [0.4, 0.5) is 5.69 Å². The van der Waals surface area contributed by atoms with Gasteiger partial charge in [-0.15, -0.1) is 0 Å². The summed E-state index contributed by atoms with van der Waals surface area (Å²) >= 11 is 9.35. The first-order valence-corrected chi connectivity index (χ1v) is 7.61. The summed E-state index contributed by atoms with van der Waals surface area (Å²) in [4.78, 5) is 12.2. The second-order valence-corrected chi connectivity index (χ2v) is 6.08. The maximum atomic E-state index is 12.2. The molecule has 1 fully saturated rings. The van der Waals surface area contributed by atoms with E-state index in [4.69, 9.17) is 21.1 Å². The number of benzene rings is 1. The van der Waals surface area contributed by atoms with Gasteiger partial charge < -0.3 is 14.8 Å². The van der Waals surface area contributed by atoms with E-state index in [0.29, 0.717) is 24.5 Å². The van der Waals surface area contributed by atoms with Crippen molar-refractivity contribution in [2.45, 2.75) is 31.4 Å². The predicted molar refractivity (Wildman–Crippen MR) is 82.2 cm³/mol. The fourth-order valence-corrected chi connectivity index (χ4v) is 2.82. The van der Waals surface area contributed by atoms with Crippen molar-refractivity contribution in [3.63, 3.8) is 0 Å². The Balaban J connectivity index is 2.16. The minimum Gasteiger partial charge on any atom is -0.464 e. The average molecular weight is 363 g/mol. The number of hydrogen-bond acceptors (Lipinski definition) is 4. The number of hydrogen-bond donors (Lipinski definition) is 1. The summed E-state index contributed by atoms with van der Waals surface area (Å²) < 4.78 is 11.2. The molecule has 1 aromatic rings. The quantitative estimate of drug-likeness (QED) is 0.813. The highest BCUT2D eigenvalue weighted by Gasteiger charge is 2.52. The van der Waals surface area contributed by atoms with Crippen LogP contribution in [0.25, 0.3) is 0 Å². The number of esters is 1. The van der Waals surface area contributed by atoms with E-state index in [1.807, 2.05) is 12.1 Å². The van der Waals surface area contributed by atoms with Crippen LogP contribution < -0.4 is 5.32 Å². The van der Waals surface area contributed by atoms with Crippen LogP contribution in [-0.2, 0) is 14.3 Å². The van der Waals surface area contributed by atoms with Crippen LogP contribution in [0.3, 0.4) is 0 Å². The summed E-state index contributed by atoms with van der Waals surface area (Å²) in [6, 6.07) is 5.47. The zero-order valence-electron chi connectivity index (χ0n) is 11.4. The molecule has 0 unspecified atom stereocenters. The van der Waals surface area contributed by atoms with E-state index in [1.165, 1.54) is 0 Å². The second kappa shape index (κ2) is 6.33. The molecule has 1 saturated carbocycles. The van der Waals surface area contributed by atoms with Gasteiger partial charge in [0.15, 0.2) is 0 Å². The van der Waals surface area contributed by atoms with Crippen molar-refractivity contribution in [1.82, 2.24) is 0 Å². The van der Waals surface area contributed by atoms with E-state index in [1.54, 1.807) is 20.1 Å². The topological polar surface area (TPSA) is 47.6 Å². The van der Waals surface area contributed by atoms with Crippen molar-refractivity contribution >= 4 is 39.2 Å². The van der Waals surface area contributed by atoms with Gasteiger partial charge in [-0.3, -0.25) is 0 Å². The number of carbonyl (C=O) groups is 1. The van der Waals surface area contributed by atoms with Gasteiger partial charge in [0.05, 0.1) is 17.7 Å². The number of nitrogens with one attached hydrogen (secondary N) is 1. The van der Waals surface area contributed by atoms with Gasteiger partial charge in [0.25, 0.3) is 0 Å². The van der Waals surface area contributed by atoms with Crippen molar-refractivity contribution in [2.24, 2.45) is 0 Å². The SMILES string of the molecule is CCOC(=O)C1(Nc2ccc(Cl)c(Br)c2)CC(OC)C1. The van der Waals surface area contributed by atoms with Gasteiger partial charge in [0, 0.05) is 30.1 Å². The van der Waals surface area contributed by atoms with E-state index in [2.05, 4.69) is 21.2 Å². The Morgan fingerprint density at radius 3 is 2.80 bits per heavy atom. The molecule has 0 saturated heterocycles. The van der Waals surface area contributed by atoms with Crippen molar-refractivity contribution in [3.05, 3.63) is 27.7 Å². The van der Waals surface area contributed by atoms with E-state index in [9.17, 15) is 4.79 Å². The molecular formula is C14H17BrClNO3. The molecule has 1 aromatic carbocycles. The highest BCUT2D eigenvalue weighted by atomic mass is 79.9. The summed E-state index contributed by atoms with van der Waals surface area (Å²) in [5.74, 6) is -0.237. The molecule has 0 spiro atoms. The number of ether oxygens (including phenoxy) is 2. The van der Waals surface area contributed by atoms with Gasteiger partial charge >= 0.3 is 5.97 Å². The lowest BCUT2D eigenvalue weighted by molar-refractivity contribution is -0.157. The lowest BCUT2D eigenvalue weighted by Crippen LogP contribution is -2.59. The maximum Gasteiger partial charge on any atom is 0.331 e. The second-order valence-electron chi connectivity index (χ2n) is 4.82. The standard InChI is InChI=1S/C14H17BrClNO3/c1-3-20-13(18)14(7-10(8-14)19-2)17-9-4-5-12(16)11(15)6-9/h4-6,10,17H,3,7-8H2,1-2H3. The Labute approximate surface area is 131 Å². The molecule has 6 heteroatoms. The minimum atomic E-state index is -0.704. The zero-order valence-corrected chi connectivity index (χ0v) is 13.8. The molecule has 20 heavy (non-hydrogen) atoms. The van der Waals surface area contributed by atoms with Gasteiger partial charge in [-0.25, -0.2) is 4.79 Å². The van der Waals surface area contributed by atoms with Gasteiger partial charge in [-0.2, -0.15) is 0 Å². The minimum absolute atomic E-state index is 0.0858. The molecule has 0 atom stereocenters. The van der Waals surface area contributed by atoms with E-state index < -0.39 is 5.54 Å². The molecule has 1 aliphatic carbocycles. The first-order chi connectivity index (χ1) is 9.50. The Bertz CT molecular complexity index is 503. The van der Waals surface area contributed by atoms with E-state index in [0.717, 1.165) is 10.2 Å². The number of carbonyl (C=O) groups excluding carboxylic acids is 1. The molecular weight excluding hydrogens is 346 g/mol. The molecule has 0 aromatic heterocycles. The van der Waals surface area contributed by atoms with Crippen LogP contribution >= 0.6 is 27.5 Å². The third-order valence-electron chi connectivity index (χ3n) is 3.45. The first kappa shape index (κ1) is 15.6. The van der Waals surface area contributed by atoms with Crippen LogP contribution in [0.15, 0.2) is 22.7 Å². The van der Waals surface area contributed by atoms with Crippen LogP contribution in [0.1, 0.15) is 19.8 Å². The van der Waals surface area contributed by atoms with Gasteiger partial charge in [-0.1, -0.05) is 11.6 Å². The van der Waals surface area contributed by atoms with Crippen LogP contribution in [-0.4, -0.2) is 31.3 Å². The fraction of sp³-hybridized carbons (Fsp3) is 0.500. The highest BCUT2D eigenvalue weighted by Crippen LogP contribution is 2.39. The number of anilines is 1. The summed E-state index contributed by atoms with van der Waals surface area (Å²) in [7, 11) is 1.65.